The molecular weight excluding hydrogens is 238 g/mol. The van der Waals surface area contributed by atoms with Crippen molar-refractivity contribution in [1.29, 1.82) is 0 Å². The molecule has 2 N–H and O–H groups in total. The summed E-state index contributed by atoms with van der Waals surface area (Å²) in [6.45, 7) is 0.995. The first-order valence-corrected chi connectivity index (χ1v) is 6.20. The molecule has 19 heavy (non-hydrogen) atoms. The van der Waals surface area contributed by atoms with Gasteiger partial charge in [0.2, 0.25) is 0 Å². The minimum atomic E-state index is 0.462. The van der Waals surface area contributed by atoms with E-state index < -0.39 is 0 Å². The van der Waals surface area contributed by atoms with E-state index in [-0.39, 0.29) is 0 Å². The molecule has 2 aromatic heterocycles. The molecule has 4 nitrogen and oxygen atoms in total. The molecule has 3 aromatic rings. The Hall–Kier alpha value is -2.33. The first kappa shape index (κ1) is 11.7. The third-order valence-corrected chi connectivity index (χ3v) is 3.02. The summed E-state index contributed by atoms with van der Waals surface area (Å²) in [6.07, 6.45) is 3.73. The lowest BCUT2D eigenvalue weighted by atomic mass is 10.2. The summed E-state index contributed by atoms with van der Waals surface area (Å²) in [4.78, 5) is 4.36. The van der Waals surface area contributed by atoms with Crippen LogP contribution in [0.1, 0.15) is 11.3 Å². The van der Waals surface area contributed by atoms with E-state index in [1.165, 1.54) is 0 Å². The van der Waals surface area contributed by atoms with Crippen LogP contribution >= 0.6 is 0 Å². The standard InChI is InChI=1S/C15H15N3O/c16-9-13-10-17-15-14(7-4-8-18(13)15)19-11-12-5-2-1-3-6-12/h1-8,10H,9,11,16H2. The zero-order valence-corrected chi connectivity index (χ0v) is 10.5. The Bertz CT molecular complexity index is 676. The van der Waals surface area contributed by atoms with E-state index in [4.69, 9.17) is 10.5 Å². The van der Waals surface area contributed by atoms with Crippen molar-refractivity contribution in [2.45, 2.75) is 13.2 Å². The predicted octanol–water partition coefficient (Wildman–Crippen LogP) is 2.37. The van der Waals surface area contributed by atoms with Gasteiger partial charge >= 0.3 is 0 Å². The summed E-state index contributed by atoms with van der Waals surface area (Å²) < 4.78 is 7.80. The molecule has 2 heterocycles. The third kappa shape index (κ3) is 2.30. The molecule has 0 fully saturated rings. The molecule has 0 aliphatic heterocycles. The smallest absolute Gasteiger partial charge is 0.179 e. The van der Waals surface area contributed by atoms with Crippen molar-refractivity contribution in [2.75, 3.05) is 0 Å². The van der Waals surface area contributed by atoms with Crippen LogP contribution in [-0.2, 0) is 13.2 Å². The Morgan fingerprint density at radius 3 is 2.74 bits per heavy atom. The number of imidazole rings is 1. The Balaban J connectivity index is 1.87. The van der Waals surface area contributed by atoms with E-state index >= 15 is 0 Å². The molecule has 0 radical (unpaired) electrons. The number of hydrogen-bond acceptors (Lipinski definition) is 3. The molecule has 0 unspecified atom stereocenters. The maximum atomic E-state index is 5.84. The Kier molecular flexibility index (Phi) is 3.16. The van der Waals surface area contributed by atoms with Gasteiger partial charge in [-0.25, -0.2) is 4.98 Å². The van der Waals surface area contributed by atoms with E-state index in [1.54, 1.807) is 6.20 Å². The number of ether oxygens (including phenoxy) is 1. The molecule has 0 atom stereocenters. The summed E-state index contributed by atoms with van der Waals surface area (Å²) in [7, 11) is 0. The summed E-state index contributed by atoms with van der Waals surface area (Å²) in [5.41, 5.74) is 8.59. The van der Waals surface area contributed by atoms with Gasteiger partial charge in [0.25, 0.3) is 0 Å². The number of hydrogen-bond donors (Lipinski definition) is 1. The van der Waals surface area contributed by atoms with Crippen molar-refractivity contribution in [3.05, 3.63) is 66.1 Å². The molecule has 3 rings (SSSR count). The van der Waals surface area contributed by atoms with Gasteiger partial charge in [-0.2, -0.15) is 0 Å². The van der Waals surface area contributed by atoms with E-state index in [1.807, 2.05) is 53.1 Å². The Morgan fingerprint density at radius 2 is 1.95 bits per heavy atom. The van der Waals surface area contributed by atoms with Crippen molar-refractivity contribution >= 4 is 5.65 Å². The fourth-order valence-corrected chi connectivity index (χ4v) is 2.03. The van der Waals surface area contributed by atoms with Crippen LogP contribution in [0.3, 0.4) is 0 Å². The number of aromatic nitrogens is 2. The zero-order chi connectivity index (χ0) is 13.1. The van der Waals surface area contributed by atoms with Gasteiger partial charge in [0, 0.05) is 12.7 Å². The van der Waals surface area contributed by atoms with Crippen LogP contribution in [-0.4, -0.2) is 9.38 Å². The number of fused-ring (bicyclic) bond motifs is 1. The average Bonchev–Trinajstić information content (AvgIpc) is 2.90. The molecule has 1 aromatic carbocycles. The largest absolute Gasteiger partial charge is 0.485 e. The van der Waals surface area contributed by atoms with Crippen molar-refractivity contribution in [1.82, 2.24) is 9.38 Å². The minimum Gasteiger partial charge on any atom is -0.485 e. The molecule has 0 amide bonds. The Labute approximate surface area is 111 Å². The lowest BCUT2D eigenvalue weighted by molar-refractivity contribution is 0.308. The number of nitrogens with two attached hydrogens (primary N) is 1. The van der Waals surface area contributed by atoms with Crippen molar-refractivity contribution in [3.63, 3.8) is 0 Å². The second-order valence-corrected chi connectivity index (χ2v) is 4.29. The van der Waals surface area contributed by atoms with Gasteiger partial charge < -0.3 is 10.5 Å². The topological polar surface area (TPSA) is 52.5 Å². The van der Waals surface area contributed by atoms with Crippen molar-refractivity contribution in [3.8, 4) is 5.75 Å². The highest BCUT2D eigenvalue weighted by atomic mass is 16.5. The monoisotopic (exact) mass is 253 g/mol. The van der Waals surface area contributed by atoms with E-state index in [2.05, 4.69) is 4.98 Å². The summed E-state index contributed by atoms with van der Waals surface area (Å²) >= 11 is 0. The fourth-order valence-electron chi connectivity index (χ4n) is 2.03. The summed E-state index contributed by atoms with van der Waals surface area (Å²) in [6, 6.07) is 13.9. The van der Waals surface area contributed by atoms with Gasteiger partial charge in [0.1, 0.15) is 6.61 Å². The average molecular weight is 253 g/mol. The van der Waals surface area contributed by atoms with Crippen LogP contribution in [0.2, 0.25) is 0 Å². The molecule has 4 heteroatoms. The second-order valence-electron chi connectivity index (χ2n) is 4.29. The van der Waals surface area contributed by atoms with Crippen LogP contribution in [0.5, 0.6) is 5.75 Å². The molecule has 0 saturated carbocycles. The maximum Gasteiger partial charge on any atom is 0.179 e. The van der Waals surface area contributed by atoms with Crippen LogP contribution in [0.4, 0.5) is 0 Å². The first-order valence-electron chi connectivity index (χ1n) is 6.20. The number of benzene rings is 1. The van der Waals surface area contributed by atoms with E-state index in [9.17, 15) is 0 Å². The molecule has 96 valence electrons. The van der Waals surface area contributed by atoms with Gasteiger partial charge in [-0.1, -0.05) is 30.3 Å². The van der Waals surface area contributed by atoms with Gasteiger partial charge in [0.05, 0.1) is 11.9 Å². The highest BCUT2D eigenvalue weighted by Gasteiger charge is 2.07. The highest BCUT2D eigenvalue weighted by molar-refractivity contribution is 5.54. The molecule has 0 saturated heterocycles. The van der Waals surface area contributed by atoms with Crippen LogP contribution < -0.4 is 10.5 Å². The van der Waals surface area contributed by atoms with E-state index in [0.717, 1.165) is 22.7 Å². The summed E-state index contributed by atoms with van der Waals surface area (Å²) in [5, 5.41) is 0. The number of nitrogens with zero attached hydrogens (tertiary/aromatic N) is 2. The number of pyridine rings is 1. The lowest BCUT2D eigenvalue weighted by Gasteiger charge is -2.08. The normalized spacial score (nSPS) is 10.8. The van der Waals surface area contributed by atoms with Gasteiger partial charge in [-0.05, 0) is 17.7 Å². The highest BCUT2D eigenvalue weighted by Crippen LogP contribution is 2.20. The molecule has 0 spiro atoms. The molecule has 0 aliphatic rings. The van der Waals surface area contributed by atoms with Crippen molar-refractivity contribution in [2.24, 2.45) is 5.73 Å². The first-order chi connectivity index (χ1) is 9.38. The third-order valence-electron chi connectivity index (χ3n) is 3.02. The van der Waals surface area contributed by atoms with Gasteiger partial charge in [0.15, 0.2) is 11.4 Å². The molecule has 0 bridgehead atoms. The Morgan fingerprint density at radius 1 is 1.11 bits per heavy atom. The van der Waals surface area contributed by atoms with Gasteiger partial charge in [-0.3, -0.25) is 4.40 Å². The van der Waals surface area contributed by atoms with Gasteiger partial charge in [-0.15, -0.1) is 0 Å². The van der Waals surface area contributed by atoms with Crippen LogP contribution in [0, 0.1) is 0 Å². The van der Waals surface area contributed by atoms with Crippen LogP contribution in [0.25, 0.3) is 5.65 Å². The SMILES string of the molecule is NCc1cnc2c(OCc3ccccc3)cccn12. The van der Waals surface area contributed by atoms with Crippen LogP contribution in [0.15, 0.2) is 54.9 Å². The zero-order valence-electron chi connectivity index (χ0n) is 10.5. The maximum absolute atomic E-state index is 5.84. The second kappa shape index (κ2) is 5.12. The fraction of sp³-hybridized carbons (Fsp3) is 0.133. The summed E-state index contributed by atoms with van der Waals surface area (Å²) in [5.74, 6) is 0.769. The quantitative estimate of drug-likeness (QED) is 0.776. The molecular formula is C15H15N3O. The minimum absolute atomic E-state index is 0.462. The van der Waals surface area contributed by atoms with E-state index in [0.29, 0.717) is 13.2 Å². The van der Waals surface area contributed by atoms with Crippen molar-refractivity contribution < 1.29 is 4.74 Å². The predicted molar refractivity (Wildman–Crippen MR) is 73.9 cm³/mol. The lowest BCUT2D eigenvalue weighted by Crippen LogP contribution is -2.02. The molecule has 0 aliphatic carbocycles. The number of rotatable bonds is 4.